The molecule has 4 atom stereocenters. The molecule has 0 aliphatic carbocycles. The molecule has 0 fully saturated rings. The topological polar surface area (TPSA) is 238 Å². The van der Waals surface area contributed by atoms with E-state index >= 15 is 0 Å². The van der Waals surface area contributed by atoms with Crippen molar-refractivity contribution in [3.8, 4) is 11.6 Å². The Bertz CT molecular complexity index is 2810. The van der Waals surface area contributed by atoms with E-state index in [1.54, 1.807) is 63.2 Å². The van der Waals surface area contributed by atoms with Crippen LogP contribution >= 0.6 is 0 Å². The molecule has 4 N–H and O–H groups in total. The van der Waals surface area contributed by atoms with Gasteiger partial charge in [0, 0.05) is 43.1 Å². The zero-order valence-electron chi connectivity index (χ0n) is 52.2. The molecule has 2 aromatic carbocycles. The van der Waals surface area contributed by atoms with E-state index in [0.29, 0.717) is 72.0 Å². The second kappa shape index (κ2) is 30.9. The normalized spacial score (nSPS) is 14.4. The molecule has 18 nitrogen and oxygen atoms in total. The van der Waals surface area contributed by atoms with E-state index in [1.165, 1.54) is 15.7 Å². The van der Waals surface area contributed by atoms with Gasteiger partial charge in [-0.05, 0) is 97.9 Å². The van der Waals surface area contributed by atoms with E-state index in [0.717, 1.165) is 103 Å². The summed E-state index contributed by atoms with van der Waals surface area (Å²) in [6, 6.07) is 14.8. The number of unbranched alkanes of at least 4 members (excludes halogenated alkanes) is 4. The van der Waals surface area contributed by atoms with Crippen molar-refractivity contribution in [2.24, 2.45) is 44.1 Å². The van der Waals surface area contributed by atoms with Crippen LogP contribution in [0.1, 0.15) is 211 Å². The Labute approximate surface area is 493 Å². The standard InChI is InChI=1S/C62H100N14O4S2/c1-15-23-27-45(19-5)40-73(41-46(20-6)28-24-16-2)81(77,78)51-35-31-49(32-36-51)67-69-55-57(61(9,10)11)71-75(59(55)63)53-39-54(66-44-65-53)76-60(64)56(58(72-76)62(12,13)14)70-68-50-33-37-52(38-34-50)82(79,80)74(42-47(21-7)29-25-17-3)43-48(22-8)30-26-18-4/h31-39,44-48H,15-30,40-43,63-64H2,1-14H3. The number of aromatic nitrogens is 6. The van der Waals surface area contributed by atoms with Crippen LogP contribution in [0.15, 0.2) is 91.2 Å². The number of rotatable bonds is 34. The molecule has 0 spiro atoms. The van der Waals surface area contributed by atoms with Crippen molar-refractivity contribution in [1.29, 1.82) is 0 Å². The molecule has 82 heavy (non-hydrogen) atoms. The molecule has 20 heteroatoms. The maximum Gasteiger partial charge on any atom is 0.243 e. The van der Waals surface area contributed by atoms with Crippen molar-refractivity contribution in [1.82, 2.24) is 38.1 Å². The van der Waals surface area contributed by atoms with E-state index in [2.05, 4.69) is 85.8 Å². The zero-order valence-corrected chi connectivity index (χ0v) is 53.8. The van der Waals surface area contributed by atoms with Gasteiger partial charge in [-0.1, -0.05) is 174 Å². The largest absolute Gasteiger partial charge is 0.382 e. The van der Waals surface area contributed by atoms with Crippen LogP contribution in [-0.4, -0.2) is 81.2 Å². The molecule has 5 aromatic rings. The fourth-order valence-corrected chi connectivity index (χ4v) is 13.4. The lowest BCUT2D eigenvalue weighted by molar-refractivity contribution is 0.270. The number of nitrogens with zero attached hydrogens (tertiary/aromatic N) is 12. The van der Waals surface area contributed by atoms with Crippen molar-refractivity contribution < 1.29 is 16.8 Å². The first-order valence-electron chi connectivity index (χ1n) is 30.6. The molecule has 0 bridgehead atoms. The molecule has 0 amide bonds. The lowest BCUT2D eigenvalue weighted by Gasteiger charge is -2.30. The van der Waals surface area contributed by atoms with Crippen molar-refractivity contribution >= 4 is 54.4 Å². The molecule has 0 aliphatic rings. The van der Waals surface area contributed by atoms with Crippen LogP contribution in [0.3, 0.4) is 0 Å². The SMILES string of the molecule is CCCCC(CC)CN(CC(CC)CCCC)S(=O)(=O)c1ccc(N=Nc2c(C(C)(C)C)nn(-c3cc(-n4nc(C(C)(C)C)c(N=Nc5ccc(S(=O)(=O)N(CC(CC)CCCC)CC(CC)CCCC)cc5)c4N)ncn3)c2N)cc1. The van der Waals surface area contributed by atoms with Crippen LogP contribution in [0.2, 0.25) is 0 Å². The van der Waals surface area contributed by atoms with Gasteiger partial charge >= 0.3 is 0 Å². The van der Waals surface area contributed by atoms with E-state index < -0.39 is 30.9 Å². The highest BCUT2D eigenvalue weighted by atomic mass is 32.2. The fraction of sp³-hybridized carbons (Fsp3) is 0.645. The summed E-state index contributed by atoms with van der Waals surface area (Å²) in [5.74, 6) is 2.12. The van der Waals surface area contributed by atoms with E-state index in [4.69, 9.17) is 21.7 Å². The first-order chi connectivity index (χ1) is 38.9. The molecule has 4 unspecified atom stereocenters. The number of nitrogens with two attached hydrogens (primary N) is 2. The summed E-state index contributed by atoms with van der Waals surface area (Å²) in [6.07, 6.45) is 17.6. The summed E-state index contributed by atoms with van der Waals surface area (Å²) in [7, 11) is -7.60. The first-order valence-corrected chi connectivity index (χ1v) is 33.4. The van der Waals surface area contributed by atoms with Crippen molar-refractivity contribution in [2.75, 3.05) is 37.6 Å². The van der Waals surface area contributed by atoms with E-state index in [9.17, 15) is 16.8 Å². The van der Waals surface area contributed by atoms with Gasteiger partial charge in [-0.25, -0.2) is 26.8 Å². The van der Waals surface area contributed by atoms with Crippen LogP contribution in [0.4, 0.5) is 34.4 Å². The Morgan fingerprint density at radius 1 is 0.476 bits per heavy atom. The van der Waals surface area contributed by atoms with Gasteiger partial charge in [0.1, 0.15) is 6.33 Å². The quantitative estimate of drug-likeness (QED) is 0.0369. The van der Waals surface area contributed by atoms with Gasteiger partial charge in [0.2, 0.25) is 20.0 Å². The third-order valence-electron chi connectivity index (χ3n) is 15.8. The average Bonchev–Trinajstić information content (AvgIpc) is 3.80. The Morgan fingerprint density at radius 2 is 0.768 bits per heavy atom. The fourth-order valence-electron chi connectivity index (χ4n) is 10.2. The second-order valence-electron chi connectivity index (χ2n) is 24.4. The van der Waals surface area contributed by atoms with Crippen LogP contribution in [0.5, 0.6) is 0 Å². The highest BCUT2D eigenvalue weighted by Gasteiger charge is 2.33. The monoisotopic (exact) mass is 1170 g/mol. The minimum Gasteiger partial charge on any atom is -0.382 e. The smallest absolute Gasteiger partial charge is 0.243 e. The molecule has 0 saturated heterocycles. The van der Waals surface area contributed by atoms with Gasteiger partial charge < -0.3 is 11.5 Å². The number of hydrogen-bond acceptors (Lipinski definition) is 14. The third kappa shape index (κ3) is 17.8. The summed E-state index contributed by atoms with van der Waals surface area (Å²) in [5, 5.41) is 28.3. The predicted molar refractivity (Wildman–Crippen MR) is 334 cm³/mol. The summed E-state index contributed by atoms with van der Waals surface area (Å²) in [5.41, 5.74) is 15.4. The molecule has 3 aromatic heterocycles. The number of azo groups is 2. The summed E-state index contributed by atoms with van der Waals surface area (Å²) in [4.78, 5) is 9.57. The number of benzene rings is 2. The minimum atomic E-state index is -3.80. The van der Waals surface area contributed by atoms with Crippen LogP contribution in [-0.2, 0) is 30.9 Å². The van der Waals surface area contributed by atoms with E-state index in [-0.39, 0.29) is 45.1 Å². The highest BCUT2D eigenvalue weighted by Crippen LogP contribution is 2.40. The Kier molecular flexibility index (Phi) is 25.4. The van der Waals surface area contributed by atoms with Gasteiger partial charge in [-0.3, -0.25) is 0 Å². The highest BCUT2D eigenvalue weighted by molar-refractivity contribution is 7.89. The van der Waals surface area contributed by atoms with Gasteiger partial charge in [0.15, 0.2) is 34.6 Å². The zero-order chi connectivity index (χ0) is 60.4. The molecular weight excluding hydrogens is 1070 g/mol. The second-order valence-corrected chi connectivity index (χ2v) is 28.3. The molecule has 0 radical (unpaired) electrons. The molecule has 0 aliphatic heterocycles. The maximum absolute atomic E-state index is 14.4. The van der Waals surface area contributed by atoms with Crippen LogP contribution in [0.25, 0.3) is 11.6 Å². The minimum absolute atomic E-state index is 0.175. The molecule has 5 rings (SSSR count). The van der Waals surface area contributed by atoms with Gasteiger partial charge in [0.05, 0.1) is 32.6 Å². The van der Waals surface area contributed by atoms with E-state index in [1.807, 2.05) is 41.5 Å². The Hall–Kier alpha value is -5.44. The average molecular weight is 1170 g/mol. The number of nitrogen functional groups attached to an aromatic ring is 2. The van der Waals surface area contributed by atoms with Crippen molar-refractivity contribution in [2.45, 2.75) is 220 Å². The maximum atomic E-state index is 14.4. The number of anilines is 2. The Morgan fingerprint density at radius 3 is 1.02 bits per heavy atom. The predicted octanol–water partition coefficient (Wildman–Crippen LogP) is 16.3. The first kappa shape index (κ1) is 67.4. The van der Waals surface area contributed by atoms with Gasteiger partial charge in [-0.15, -0.1) is 10.2 Å². The number of sulfonamides is 2. The summed E-state index contributed by atoms with van der Waals surface area (Å²) in [6.45, 7) is 31.3. The van der Waals surface area contributed by atoms with Crippen molar-refractivity contribution in [3.05, 3.63) is 72.3 Å². The molecule has 454 valence electrons. The number of hydrogen-bond donors (Lipinski definition) is 2. The lowest BCUT2D eigenvalue weighted by Crippen LogP contribution is -2.39. The Balaban J connectivity index is 1.44. The lowest BCUT2D eigenvalue weighted by atomic mass is 9.91. The van der Waals surface area contributed by atoms with Crippen LogP contribution in [0, 0.1) is 23.7 Å². The molecule has 3 heterocycles. The van der Waals surface area contributed by atoms with Gasteiger partial charge in [0.25, 0.3) is 0 Å². The summed E-state index contributed by atoms with van der Waals surface area (Å²) >= 11 is 0. The molecular formula is C62H100N14O4S2. The molecule has 0 saturated carbocycles. The van der Waals surface area contributed by atoms with Crippen molar-refractivity contribution in [3.63, 3.8) is 0 Å². The van der Waals surface area contributed by atoms with Gasteiger partial charge in [-0.2, -0.15) is 38.4 Å². The third-order valence-corrected chi connectivity index (χ3v) is 19.5. The van der Waals surface area contributed by atoms with Crippen LogP contribution < -0.4 is 11.5 Å². The summed E-state index contributed by atoms with van der Waals surface area (Å²) < 4.78 is 64.1.